The van der Waals surface area contributed by atoms with Gasteiger partial charge in [-0.3, -0.25) is 0 Å². The number of benzene rings is 1. The molecule has 1 rings (SSSR count). The Labute approximate surface area is 96.8 Å². The third-order valence-corrected chi connectivity index (χ3v) is 2.78. The highest BCUT2D eigenvalue weighted by atomic mass is 19.1. The molecule has 0 fully saturated rings. The lowest BCUT2D eigenvalue weighted by Gasteiger charge is -2.15. The predicted octanol–water partition coefficient (Wildman–Crippen LogP) is 3.28. The molecule has 0 heterocycles. The average Bonchev–Trinajstić information content (AvgIpc) is 2.28. The normalized spacial score (nSPS) is 14.6. The minimum atomic E-state index is -0.220. The predicted molar refractivity (Wildman–Crippen MR) is 64.3 cm³/mol. The van der Waals surface area contributed by atoms with Crippen LogP contribution in [0, 0.1) is 5.82 Å². The van der Waals surface area contributed by atoms with Crippen LogP contribution in [0.5, 0.6) is 5.75 Å². The van der Waals surface area contributed by atoms with Crippen molar-refractivity contribution in [2.45, 2.75) is 39.3 Å². The van der Waals surface area contributed by atoms with Gasteiger partial charge in [-0.15, -0.1) is 0 Å². The number of ether oxygens (including phenoxy) is 1. The molecule has 2 unspecified atom stereocenters. The largest absolute Gasteiger partial charge is 0.491 e. The molecular formula is C13H20FNO. The van der Waals surface area contributed by atoms with Crippen molar-refractivity contribution in [2.75, 3.05) is 7.05 Å². The third kappa shape index (κ3) is 3.20. The summed E-state index contributed by atoms with van der Waals surface area (Å²) < 4.78 is 19.3. The zero-order chi connectivity index (χ0) is 12.1. The van der Waals surface area contributed by atoms with Gasteiger partial charge in [-0.1, -0.05) is 13.0 Å². The molecule has 1 aromatic carbocycles. The fraction of sp³-hybridized carbons (Fsp3) is 0.538. The van der Waals surface area contributed by atoms with Crippen LogP contribution in [0.3, 0.4) is 0 Å². The first kappa shape index (κ1) is 13.0. The lowest BCUT2D eigenvalue weighted by molar-refractivity contribution is 0.216. The van der Waals surface area contributed by atoms with Gasteiger partial charge in [-0.25, -0.2) is 4.39 Å². The molecule has 90 valence electrons. The van der Waals surface area contributed by atoms with Gasteiger partial charge in [0.2, 0.25) is 0 Å². The summed E-state index contributed by atoms with van der Waals surface area (Å²) in [5.74, 6) is 0.376. The second-order valence-corrected chi connectivity index (χ2v) is 4.03. The van der Waals surface area contributed by atoms with E-state index in [1.165, 1.54) is 6.07 Å². The lowest BCUT2D eigenvalue weighted by Crippen LogP contribution is -2.14. The Bertz CT molecular complexity index is 341. The minimum absolute atomic E-state index is 0.0117. The van der Waals surface area contributed by atoms with Crippen molar-refractivity contribution in [3.05, 3.63) is 29.6 Å². The van der Waals surface area contributed by atoms with E-state index in [-0.39, 0.29) is 18.0 Å². The molecule has 0 saturated heterocycles. The second-order valence-electron chi connectivity index (χ2n) is 4.03. The van der Waals surface area contributed by atoms with Gasteiger partial charge in [0, 0.05) is 17.7 Å². The molecule has 0 amide bonds. The van der Waals surface area contributed by atoms with Crippen LogP contribution in [-0.4, -0.2) is 13.2 Å². The van der Waals surface area contributed by atoms with Crippen LogP contribution in [-0.2, 0) is 0 Å². The first-order chi connectivity index (χ1) is 7.58. The molecule has 1 aromatic rings. The topological polar surface area (TPSA) is 21.3 Å². The van der Waals surface area contributed by atoms with Crippen LogP contribution in [0.25, 0.3) is 0 Å². The van der Waals surface area contributed by atoms with Crippen molar-refractivity contribution in [3.63, 3.8) is 0 Å². The van der Waals surface area contributed by atoms with Crippen LogP contribution < -0.4 is 10.1 Å². The molecule has 0 bridgehead atoms. The van der Waals surface area contributed by atoms with Crippen LogP contribution in [0.4, 0.5) is 4.39 Å². The number of rotatable bonds is 5. The van der Waals surface area contributed by atoms with Gasteiger partial charge in [-0.05, 0) is 33.4 Å². The van der Waals surface area contributed by atoms with E-state index in [1.807, 2.05) is 33.9 Å². The van der Waals surface area contributed by atoms with E-state index in [2.05, 4.69) is 5.32 Å². The van der Waals surface area contributed by atoms with Gasteiger partial charge in [0.25, 0.3) is 0 Å². The molecule has 2 atom stereocenters. The summed E-state index contributed by atoms with van der Waals surface area (Å²) in [6.07, 6.45) is 1.03. The minimum Gasteiger partial charge on any atom is -0.491 e. The Hall–Kier alpha value is -1.09. The van der Waals surface area contributed by atoms with Gasteiger partial charge in [0.1, 0.15) is 11.6 Å². The summed E-state index contributed by atoms with van der Waals surface area (Å²) >= 11 is 0. The summed E-state index contributed by atoms with van der Waals surface area (Å²) in [6.45, 7) is 5.94. The molecular weight excluding hydrogens is 205 g/mol. The zero-order valence-electron chi connectivity index (χ0n) is 10.4. The Balaban J connectivity index is 2.82. The van der Waals surface area contributed by atoms with Crippen molar-refractivity contribution in [1.29, 1.82) is 0 Å². The van der Waals surface area contributed by atoms with Crippen LogP contribution >= 0.6 is 0 Å². The Morgan fingerprint density at radius 2 is 2.06 bits per heavy atom. The molecule has 0 spiro atoms. The van der Waals surface area contributed by atoms with E-state index < -0.39 is 0 Å². The first-order valence-electron chi connectivity index (χ1n) is 5.71. The zero-order valence-corrected chi connectivity index (χ0v) is 10.4. The summed E-state index contributed by atoms with van der Waals surface area (Å²) in [5.41, 5.74) is 0.666. The van der Waals surface area contributed by atoms with E-state index in [0.717, 1.165) is 6.42 Å². The molecule has 2 nitrogen and oxygen atoms in total. The Morgan fingerprint density at radius 1 is 1.38 bits per heavy atom. The van der Waals surface area contributed by atoms with E-state index >= 15 is 0 Å². The van der Waals surface area contributed by atoms with Crippen LogP contribution in [0.2, 0.25) is 0 Å². The van der Waals surface area contributed by atoms with Crippen molar-refractivity contribution in [2.24, 2.45) is 0 Å². The van der Waals surface area contributed by atoms with Gasteiger partial charge in [-0.2, -0.15) is 0 Å². The molecule has 0 aliphatic rings. The summed E-state index contributed by atoms with van der Waals surface area (Å²) in [4.78, 5) is 0. The van der Waals surface area contributed by atoms with E-state index in [9.17, 15) is 4.39 Å². The van der Waals surface area contributed by atoms with Crippen molar-refractivity contribution >= 4 is 0 Å². The molecule has 3 heteroatoms. The first-order valence-corrected chi connectivity index (χ1v) is 5.71. The number of hydrogen-bond acceptors (Lipinski definition) is 2. The van der Waals surface area contributed by atoms with E-state index in [4.69, 9.17) is 4.74 Å². The maximum absolute atomic E-state index is 13.7. The average molecular weight is 225 g/mol. The number of hydrogen-bond donors (Lipinski definition) is 1. The second kappa shape index (κ2) is 5.85. The van der Waals surface area contributed by atoms with Gasteiger partial charge >= 0.3 is 0 Å². The highest BCUT2D eigenvalue weighted by Gasteiger charge is 2.10. The van der Waals surface area contributed by atoms with Crippen molar-refractivity contribution in [3.8, 4) is 5.75 Å². The standard InChI is InChI=1S/C13H20FNO/c1-5-9(2)16-11-6-7-12(10(3)15-4)13(14)8-11/h6-10,15H,5H2,1-4H3. The van der Waals surface area contributed by atoms with Crippen molar-refractivity contribution < 1.29 is 9.13 Å². The maximum Gasteiger partial charge on any atom is 0.131 e. The van der Waals surface area contributed by atoms with E-state index in [1.54, 1.807) is 6.07 Å². The van der Waals surface area contributed by atoms with Crippen LogP contribution in [0.1, 0.15) is 38.8 Å². The molecule has 0 aliphatic carbocycles. The maximum atomic E-state index is 13.7. The van der Waals surface area contributed by atoms with Gasteiger partial charge in [0.05, 0.1) is 6.10 Å². The highest BCUT2D eigenvalue weighted by Crippen LogP contribution is 2.22. The number of nitrogens with one attached hydrogen (secondary N) is 1. The van der Waals surface area contributed by atoms with E-state index in [0.29, 0.717) is 11.3 Å². The summed E-state index contributed by atoms with van der Waals surface area (Å²) in [7, 11) is 1.81. The van der Waals surface area contributed by atoms with Crippen molar-refractivity contribution in [1.82, 2.24) is 5.32 Å². The molecule has 1 N–H and O–H groups in total. The Kier molecular flexibility index (Phi) is 4.74. The van der Waals surface area contributed by atoms with Gasteiger partial charge in [0.15, 0.2) is 0 Å². The highest BCUT2D eigenvalue weighted by molar-refractivity contribution is 5.30. The van der Waals surface area contributed by atoms with Gasteiger partial charge < -0.3 is 10.1 Å². The van der Waals surface area contributed by atoms with Crippen LogP contribution in [0.15, 0.2) is 18.2 Å². The quantitative estimate of drug-likeness (QED) is 0.830. The number of halogens is 1. The third-order valence-electron chi connectivity index (χ3n) is 2.78. The smallest absolute Gasteiger partial charge is 0.131 e. The fourth-order valence-corrected chi connectivity index (χ4v) is 1.40. The molecule has 0 aromatic heterocycles. The summed E-state index contributed by atoms with van der Waals surface area (Å²) in [5, 5.41) is 3.01. The molecule has 0 aliphatic heterocycles. The lowest BCUT2D eigenvalue weighted by atomic mass is 10.1. The monoisotopic (exact) mass is 225 g/mol. The SMILES string of the molecule is CCC(C)Oc1ccc(C(C)NC)c(F)c1. The molecule has 0 radical (unpaired) electrons. The molecule has 0 saturated carbocycles. The molecule has 16 heavy (non-hydrogen) atoms. The fourth-order valence-electron chi connectivity index (χ4n) is 1.40. The summed E-state index contributed by atoms with van der Waals surface area (Å²) in [6, 6.07) is 5.06. The Morgan fingerprint density at radius 3 is 2.56 bits per heavy atom.